The first-order chi connectivity index (χ1) is 5.65. The summed E-state index contributed by atoms with van der Waals surface area (Å²) in [5.74, 6) is -0.360. The van der Waals surface area contributed by atoms with E-state index in [0.29, 0.717) is 11.1 Å². The Balaban J connectivity index is 3.24. The van der Waals surface area contributed by atoms with Gasteiger partial charge in [-0.05, 0) is 30.7 Å². The fraction of sp³-hybridized carbons (Fsp3) is 0.222. The van der Waals surface area contributed by atoms with E-state index < -0.39 is 0 Å². The van der Waals surface area contributed by atoms with E-state index in [1.54, 1.807) is 6.92 Å². The van der Waals surface area contributed by atoms with Gasteiger partial charge in [0.15, 0.2) is 0 Å². The third-order valence-corrected chi connectivity index (χ3v) is 1.62. The number of nitriles is 1. The van der Waals surface area contributed by atoms with Crippen LogP contribution in [0.3, 0.4) is 0 Å². The molecule has 0 radical (unpaired) electrons. The number of hydrogen-bond acceptors (Lipinski definition) is 2. The van der Waals surface area contributed by atoms with Crippen molar-refractivity contribution in [3.63, 3.8) is 0 Å². The molecule has 1 aromatic carbocycles. The van der Waals surface area contributed by atoms with E-state index in [2.05, 4.69) is 0 Å². The lowest BCUT2D eigenvalue weighted by atomic mass is 10.0. The van der Waals surface area contributed by atoms with Crippen LogP contribution in [0, 0.1) is 17.1 Å². The Morgan fingerprint density at radius 3 is 2.75 bits per heavy atom. The molecule has 0 aliphatic heterocycles. The summed E-state index contributed by atoms with van der Waals surface area (Å²) in [4.78, 5) is 0. The van der Waals surface area contributed by atoms with Crippen LogP contribution in [0.15, 0.2) is 18.2 Å². The fourth-order valence-corrected chi connectivity index (χ4v) is 1.01. The minimum atomic E-state index is -0.360. The Morgan fingerprint density at radius 1 is 1.58 bits per heavy atom. The molecule has 1 aromatic rings. The summed E-state index contributed by atoms with van der Waals surface area (Å²) >= 11 is 0. The third-order valence-electron chi connectivity index (χ3n) is 1.62. The maximum Gasteiger partial charge on any atom is 0.123 e. The van der Waals surface area contributed by atoms with Crippen molar-refractivity contribution < 1.29 is 4.39 Å². The van der Waals surface area contributed by atoms with Gasteiger partial charge in [-0.15, -0.1) is 0 Å². The van der Waals surface area contributed by atoms with Crippen LogP contribution in [0.2, 0.25) is 0 Å². The number of nitrogens with zero attached hydrogens (tertiary/aromatic N) is 1. The van der Waals surface area contributed by atoms with Crippen LogP contribution >= 0.6 is 0 Å². The number of halogens is 1. The van der Waals surface area contributed by atoms with Crippen LogP contribution < -0.4 is 5.73 Å². The molecule has 0 saturated carbocycles. The van der Waals surface area contributed by atoms with Gasteiger partial charge >= 0.3 is 0 Å². The summed E-state index contributed by atoms with van der Waals surface area (Å²) in [6, 6.07) is 5.64. The molecule has 2 N–H and O–H groups in total. The highest BCUT2D eigenvalue weighted by Gasteiger charge is 2.06. The van der Waals surface area contributed by atoms with Crippen LogP contribution in [-0.4, -0.2) is 0 Å². The fourth-order valence-electron chi connectivity index (χ4n) is 1.01. The molecule has 62 valence electrons. The molecule has 0 bridgehead atoms. The Morgan fingerprint density at radius 2 is 2.25 bits per heavy atom. The van der Waals surface area contributed by atoms with Crippen molar-refractivity contribution in [3.05, 3.63) is 35.1 Å². The summed E-state index contributed by atoms with van der Waals surface area (Å²) in [5, 5.41) is 8.63. The predicted octanol–water partition coefficient (Wildman–Crippen LogP) is 1.72. The van der Waals surface area contributed by atoms with E-state index in [1.165, 1.54) is 18.2 Å². The van der Waals surface area contributed by atoms with Gasteiger partial charge in [-0.1, -0.05) is 0 Å². The average molecular weight is 164 g/mol. The highest BCUT2D eigenvalue weighted by Crippen LogP contribution is 2.16. The quantitative estimate of drug-likeness (QED) is 0.687. The van der Waals surface area contributed by atoms with Crippen molar-refractivity contribution in [2.75, 3.05) is 0 Å². The first kappa shape index (κ1) is 8.69. The van der Waals surface area contributed by atoms with Crippen molar-refractivity contribution in [1.29, 1.82) is 5.26 Å². The lowest BCUT2D eigenvalue weighted by Crippen LogP contribution is -2.07. The number of nitrogens with two attached hydrogens (primary N) is 1. The molecule has 0 unspecified atom stereocenters. The van der Waals surface area contributed by atoms with E-state index in [-0.39, 0.29) is 11.9 Å². The van der Waals surface area contributed by atoms with Crippen molar-refractivity contribution in [2.24, 2.45) is 5.73 Å². The first-order valence-corrected chi connectivity index (χ1v) is 3.60. The number of rotatable bonds is 1. The van der Waals surface area contributed by atoms with Gasteiger partial charge in [0, 0.05) is 6.04 Å². The summed E-state index contributed by atoms with van der Waals surface area (Å²) in [5.41, 5.74) is 6.53. The Hall–Kier alpha value is -1.40. The molecule has 0 saturated heterocycles. The SMILES string of the molecule is C[C@@H](N)c1cc(F)ccc1C#N. The zero-order valence-corrected chi connectivity index (χ0v) is 6.71. The van der Waals surface area contributed by atoms with E-state index in [0.717, 1.165) is 0 Å². The van der Waals surface area contributed by atoms with Gasteiger partial charge in [-0.3, -0.25) is 0 Å². The van der Waals surface area contributed by atoms with E-state index >= 15 is 0 Å². The third kappa shape index (κ3) is 1.60. The monoisotopic (exact) mass is 164 g/mol. The Bertz CT molecular complexity index is 326. The van der Waals surface area contributed by atoms with Crippen molar-refractivity contribution in [3.8, 4) is 6.07 Å². The molecule has 0 spiro atoms. The second-order valence-electron chi connectivity index (χ2n) is 2.63. The van der Waals surface area contributed by atoms with Crippen molar-refractivity contribution in [1.82, 2.24) is 0 Å². The van der Waals surface area contributed by atoms with Gasteiger partial charge < -0.3 is 5.73 Å². The molecule has 1 rings (SSSR count). The molecule has 3 heteroatoms. The van der Waals surface area contributed by atoms with Crippen LogP contribution in [0.25, 0.3) is 0 Å². The standard InChI is InChI=1S/C9H9FN2/c1-6(12)9-4-8(10)3-2-7(9)5-11/h2-4,6H,12H2,1H3/t6-/m1/s1. The molecule has 2 nitrogen and oxygen atoms in total. The van der Waals surface area contributed by atoms with E-state index in [9.17, 15) is 4.39 Å². The highest BCUT2D eigenvalue weighted by molar-refractivity contribution is 5.39. The minimum Gasteiger partial charge on any atom is -0.324 e. The molecule has 0 aromatic heterocycles. The van der Waals surface area contributed by atoms with Crippen LogP contribution in [0.5, 0.6) is 0 Å². The molecular formula is C9H9FN2. The number of hydrogen-bond donors (Lipinski definition) is 1. The Kier molecular flexibility index (Phi) is 2.41. The molecule has 0 fully saturated rings. The summed E-state index contributed by atoms with van der Waals surface area (Å²) in [7, 11) is 0. The lowest BCUT2D eigenvalue weighted by molar-refractivity contribution is 0.622. The van der Waals surface area contributed by atoms with Crippen LogP contribution in [0.1, 0.15) is 24.1 Å². The summed E-state index contributed by atoms with van der Waals surface area (Å²) in [6.45, 7) is 1.72. The predicted molar refractivity (Wildman–Crippen MR) is 43.7 cm³/mol. The normalized spacial score (nSPS) is 12.2. The number of benzene rings is 1. The molecule has 0 amide bonds. The van der Waals surface area contributed by atoms with E-state index in [1.807, 2.05) is 6.07 Å². The van der Waals surface area contributed by atoms with Crippen LogP contribution in [0.4, 0.5) is 4.39 Å². The second-order valence-corrected chi connectivity index (χ2v) is 2.63. The second kappa shape index (κ2) is 3.33. The van der Waals surface area contributed by atoms with Gasteiger partial charge in [0.1, 0.15) is 5.82 Å². The Labute approximate surface area is 70.4 Å². The molecule has 1 atom stereocenters. The molecule has 0 aliphatic rings. The lowest BCUT2D eigenvalue weighted by Gasteiger charge is -2.06. The highest BCUT2D eigenvalue weighted by atomic mass is 19.1. The maximum absolute atomic E-state index is 12.7. The molecular weight excluding hydrogens is 155 g/mol. The molecule has 0 aliphatic carbocycles. The van der Waals surface area contributed by atoms with Crippen LogP contribution in [-0.2, 0) is 0 Å². The zero-order chi connectivity index (χ0) is 9.14. The molecule has 12 heavy (non-hydrogen) atoms. The average Bonchev–Trinajstić information content (AvgIpc) is 2.04. The van der Waals surface area contributed by atoms with Crippen molar-refractivity contribution in [2.45, 2.75) is 13.0 Å². The maximum atomic E-state index is 12.7. The first-order valence-electron chi connectivity index (χ1n) is 3.60. The van der Waals surface area contributed by atoms with E-state index in [4.69, 9.17) is 11.0 Å². The molecule has 0 heterocycles. The summed E-state index contributed by atoms with van der Waals surface area (Å²) < 4.78 is 12.7. The summed E-state index contributed by atoms with van der Waals surface area (Å²) in [6.07, 6.45) is 0. The van der Waals surface area contributed by atoms with Gasteiger partial charge in [-0.2, -0.15) is 5.26 Å². The topological polar surface area (TPSA) is 49.8 Å². The van der Waals surface area contributed by atoms with Gasteiger partial charge in [0.05, 0.1) is 11.6 Å². The van der Waals surface area contributed by atoms with Gasteiger partial charge in [0.25, 0.3) is 0 Å². The zero-order valence-electron chi connectivity index (χ0n) is 6.71. The van der Waals surface area contributed by atoms with Crippen molar-refractivity contribution >= 4 is 0 Å². The minimum absolute atomic E-state index is 0.310. The van der Waals surface area contributed by atoms with Gasteiger partial charge in [0.2, 0.25) is 0 Å². The largest absolute Gasteiger partial charge is 0.324 e. The smallest absolute Gasteiger partial charge is 0.123 e. The van der Waals surface area contributed by atoms with Gasteiger partial charge in [-0.25, -0.2) is 4.39 Å².